The second kappa shape index (κ2) is 6.43. The lowest BCUT2D eigenvalue weighted by atomic mass is 9.97. The third kappa shape index (κ3) is 2.81. The third-order valence-electron chi connectivity index (χ3n) is 6.06. The minimum Gasteiger partial charge on any atom is -0.338 e. The Morgan fingerprint density at radius 2 is 2.07 bits per heavy atom. The molecular formula is C23H26N4O. The Balaban J connectivity index is 1.68. The van der Waals surface area contributed by atoms with Crippen molar-refractivity contribution in [3.63, 3.8) is 0 Å². The zero-order valence-corrected chi connectivity index (χ0v) is 16.8. The molecule has 5 nitrogen and oxygen atoms in total. The molecule has 5 rings (SSSR count). The number of benzene rings is 1. The molecule has 1 aliphatic heterocycles. The first-order valence-electron chi connectivity index (χ1n) is 10.3. The summed E-state index contributed by atoms with van der Waals surface area (Å²) in [6, 6.07) is 8.95. The maximum atomic E-state index is 12.0. The average Bonchev–Trinajstić information content (AvgIpc) is 3.47. The smallest absolute Gasteiger partial charge is 0.219 e. The first-order valence-corrected chi connectivity index (χ1v) is 10.3. The topological polar surface area (TPSA) is 51.0 Å². The zero-order chi connectivity index (χ0) is 19.4. The van der Waals surface area contributed by atoms with Gasteiger partial charge in [-0.1, -0.05) is 18.2 Å². The van der Waals surface area contributed by atoms with Gasteiger partial charge in [-0.25, -0.2) is 0 Å². The van der Waals surface area contributed by atoms with E-state index in [2.05, 4.69) is 42.8 Å². The lowest BCUT2D eigenvalue weighted by molar-refractivity contribution is -0.129. The molecule has 2 aromatic heterocycles. The molecule has 3 heterocycles. The minimum atomic E-state index is 0.127. The molecule has 5 heteroatoms. The van der Waals surface area contributed by atoms with E-state index in [0.717, 1.165) is 29.6 Å². The van der Waals surface area contributed by atoms with Gasteiger partial charge in [-0.05, 0) is 38.1 Å². The van der Waals surface area contributed by atoms with Crippen LogP contribution in [0.5, 0.6) is 0 Å². The van der Waals surface area contributed by atoms with Crippen LogP contribution < -0.4 is 0 Å². The molecule has 1 amide bonds. The Hall–Kier alpha value is -2.69. The van der Waals surface area contributed by atoms with Crippen LogP contribution in [0, 0.1) is 0 Å². The number of amides is 1. The Morgan fingerprint density at radius 3 is 2.79 bits per heavy atom. The molecule has 1 fully saturated rings. The van der Waals surface area contributed by atoms with E-state index in [1.54, 1.807) is 6.92 Å². The second-order valence-corrected chi connectivity index (χ2v) is 8.41. The molecular weight excluding hydrogens is 348 g/mol. The molecule has 3 aromatic rings. The van der Waals surface area contributed by atoms with Crippen molar-refractivity contribution in [2.24, 2.45) is 0 Å². The number of rotatable bonds is 3. The molecule has 0 spiro atoms. The van der Waals surface area contributed by atoms with Gasteiger partial charge in [0.1, 0.15) is 0 Å². The summed E-state index contributed by atoms with van der Waals surface area (Å²) < 4.78 is 2.15. The van der Waals surface area contributed by atoms with Gasteiger partial charge in [-0.2, -0.15) is 5.10 Å². The van der Waals surface area contributed by atoms with Gasteiger partial charge in [0.05, 0.1) is 5.69 Å². The van der Waals surface area contributed by atoms with E-state index in [4.69, 9.17) is 10.1 Å². The SMILES string of the molecule is CC(=O)N1CCc2c(c(-c3cccc4cc(C5CC5)ncc34)nn2C(C)C)C1. The quantitative estimate of drug-likeness (QED) is 0.680. The zero-order valence-electron chi connectivity index (χ0n) is 16.8. The summed E-state index contributed by atoms with van der Waals surface area (Å²) >= 11 is 0. The Morgan fingerprint density at radius 1 is 1.25 bits per heavy atom. The molecule has 0 atom stereocenters. The average molecular weight is 374 g/mol. The molecule has 2 aliphatic rings. The van der Waals surface area contributed by atoms with Crippen LogP contribution in [-0.2, 0) is 17.8 Å². The maximum absolute atomic E-state index is 12.0. The number of hydrogen-bond acceptors (Lipinski definition) is 3. The van der Waals surface area contributed by atoms with Crippen LogP contribution in [0.25, 0.3) is 22.0 Å². The highest BCUT2D eigenvalue weighted by Gasteiger charge is 2.29. The number of hydrogen-bond donors (Lipinski definition) is 0. The fraction of sp³-hybridized carbons (Fsp3) is 0.435. The summed E-state index contributed by atoms with van der Waals surface area (Å²) in [6.07, 6.45) is 5.39. The van der Waals surface area contributed by atoms with Gasteiger partial charge < -0.3 is 4.90 Å². The van der Waals surface area contributed by atoms with Gasteiger partial charge >= 0.3 is 0 Å². The fourth-order valence-electron chi connectivity index (χ4n) is 4.36. The van der Waals surface area contributed by atoms with Gasteiger partial charge in [0.25, 0.3) is 0 Å². The van der Waals surface area contributed by atoms with Crippen molar-refractivity contribution in [3.8, 4) is 11.3 Å². The lowest BCUT2D eigenvalue weighted by Crippen LogP contribution is -2.34. The number of aromatic nitrogens is 3. The molecule has 0 bridgehead atoms. The molecule has 1 saturated carbocycles. The molecule has 1 aromatic carbocycles. The van der Waals surface area contributed by atoms with E-state index in [-0.39, 0.29) is 5.91 Å². The van der Waals surface area contributed by atoms with Gasteiger partial charge in [0.2, 0.25) is 5.91 Å². The normalized spacial score (nSPS) is 16.6. The van der Waals surface area contributed by atoms with Crippen LogP contribution in [-0.4, -0.2) is 32.1 Å². The lowest BCUT2D eigenvalue weighted by Gasteiger charge is -2.27. The largest absolute Gasteiger partial charge is 0.338 e. The number of nitrogens with zero attached hydrogens (tertiary/aromatic N) is 4. The van der Waals surface area contributed by atoms with Crippen molar-refractivity contribution in [3.05, 3.63) is 47.4 Å². The molecule has 28 heavy (non-hydrogen) atoms. The molecule has 144 valence electrons. The Labute approximate surface area is 165 Å². The van der Waals surface area contributed by atoms with Gasteiger partial charge in [0.15, 0.2) is 0 Å². The predicted octanol–water partition coefficient (Wildman–Crippen LogP) is 4.46. The standard InChI is InChI=1S/C23H26N4O/c1-14(2)27-22-9-10-26(15(3)28)13-20(22)23(25-27)18-6-4-5-17-11-21(16-7-8-16)24-12-19(17)18/h4-6,11-12,14,16H,7-10,13H2,1-3H3. The van der Waals surface area contributed by atoms with E-state index in [1.165, 1.54) is 35.2 Å². The Bertz CT molecular complexity index is 1080. The maximum Gasteiger partial charge on any atom is 0.219 e. The van der Waals surface area contributed by atoms with Crippen molar-refractivity contribution in [1.29, 1.82) is 0 Å². The molecule has 0 unspecified atom stereocenters. The van der Waals surface area contributed by atoms with Crippen LogP contribution in [0.3, 0.4) is 0 Å². The van der Waals surface area contributed by atoms with E-state index < -0.39 is 0 Å². The van der Waals surface area contributed by atoms with Crippen LogP contribution in [0.1, 0.15) is 62.5 Å². The number of carbonyl (C=O) groups is 1. The molecule has 1 aliphatic carbocycles. The highest BCUT2D eigenvalue weighted by atomic mass is 16.2. The van der Waals surface area contributed by atoms with Crippen LogP contribution >= 0.6 is 0 Å². The summed E-state index contributed by atoms with van der Waals surface area (Å²) in [5, 5.41) is 7.39. The highest BCUT2D eigenvalue weighted by Crippen LogP contribution is 2.41. The first kappa shape index (κ1) is 17.4. The molecule has 0 N–H and O–H groups in total. The van der Waals surface area contributed by atoms with Crippen LogP contribution in [0.15, 0.2) is 30.5 Å². The second-order valence-electron chi connectivity index (χ2n) is 8.41. The highest BCUT2D eigenvalue weighted by molar-refractivity contribution is 5.96. The summed E-state index contributed by atoms with van der Waals surface area (Å²) in [4.78, 5) is 18.7. The Kier molecular flexibility index (Phi) is 4.00. The number of fused-ring (bicyclic) bond motifs is 2. The number of pyridine rings is 1. The van der Waals surface area contributed by atoms with Crippen molar-refractivity contribution < 1.29 is 4.79 Å². The van der Waals surface area contributed by atoms with Gasteiger partial charge in [-0.3, -0.25) is 14.5 Å². The van der Waals surface area contributed by atoms with Crippen LogP contribution in [0.2, 0.25) is 0 Å². The van der Waals surface area contributed by atoms with Crippen molar-refractivity contribution in [2.75, 3.05) is 6.54 Å². The monoisotopic (exact) mass is 374 g/mol. The van der Waals surface area contributed by atoms with E-state index in [1.807, 2.05) is 11.1 Å². The van der Waals surface area contributed by atoms with E-state index in [0.29, 0.717) is 18.5 Å². The minimum absolute atomic E-state index is 0.127. The van der Waals surface area contributed by atoms with Crippen molar-refractivity contribution in [2.45, 2.75) is 58.5 Å². The van der Waals surface area contributed by atoms with Crippen molar-refractivity contribution in [1.82, 2.24) is 19.7 Å². The van der Waals surface area contributed by atoms with Gasteiger partial charge in [0, 0.05) is 72.5 Å². The van der Waals surface area contributed by atoms with E-state index in [9.17, 15) is 4.79 Å². The van der Waals surface area contributed by atoms with Gasteiger partial charge in [-0.15, -0.1) is 0 Å². The predicted molar refractivity (Wildman–Crippen MR) is 110 cm³/mol. The molecule has 0 saturated heterocycles. The van der Waals surface area contributed by atoms with E-state index >= 15 is 0 Å². The summed E-state index contributed by atoms with van der Waals surface area (Å²) in [5.41, 5.74) is 5.78. The summed E-state index contributed by atoms with van der Waals surface area (Å²) in [5.74, 6) is 0.771. The van der Waals surface area contributed by atoms with Crippen molar-refractivity contribution >= 4 is 16.7 Å². The van der Waals surface area contributed by atoms with Crippen LogP contribution in [0.4, 0.5) is 0 Å². The molecule has 0 radical (unpaired) electrons. The first-order chi connectivity index (χ1) is 13.5. The summed E-state index contributed by atoms with van der Waals surface area (Å²) in [7, 11) is 0. The summed E-state index contributed by atoms with van der Waals surface area (Å²) in [6.45, 7) is 7.39. The third-order valence-corrected chi connectivity index (χ3v) is 6.06. The number of carbonyl (C=O) groups excluding carboxylic acids is 1. The fourth-order valence-corrected chi connectivity index (χ4v) is 4.36.